The van der Waals surface area contributed by atoms with E-state index in [2.05, 4.69) is 17.0 Å². The third-order valence-corrected chi connectivity index (χ3v) is 5.22. The second kappa shape index (κ2) is 11.3. The van der Waals surface area contributed by atoms with Crippen molar-refractivity contribution in [3.05, 3.63) is 108 Å². The van der Waals surface area contributed by atoms with Gasteiger partial charge in [0.05, 0.1) is 25.7 Å². The predicted molar refractivity (Wildman–Crippen MR) is 119 cm³/mol. The maximum atomic E-state index is 12.5. The number of ether oxygens (including phenoxy) is 1. The van der Waals surface area contributed by atoms with Crippen molar-refractivity contribution in [2.24, 2.45) is 0 Å². The van der Waals surface area contributed by atoms with Crippen LogP contribution in [0.15, 0.2) is 91.0 Å². The Kier molecular flexibility index (Phi) is 8.19. The Morgan fingerprint density at radius 2 is 1.33 bits per heavy atom. The molecule has 0 aromatic heterocycles. The van der Waals surface area contributed by atoms with Crippen molar-refractivity contribution >= 4 is 5.97 Å². The number of hydrogen-bond acceptors (Lipinski definition) is 4. The third-order valence-electron chi connectivity index (χ3n) is 5.22. The van der Waals surface area contributed by atoms with Crippen LogP contribution in [0.1, 0.15) is 42.1 Å². The molecule has 0 bridgehead atoms. The summed E-state index contributed by atoms with van der Waals surface area (Å²) in [5, 5.41) is 10.4. The van der Waals surface area contributed by atoms with Gasteiger partial charge < -0.3 is 9.84 Å². The smallest absolute Gasteiger partial charge is 0.307 e. The van der Waals surface area contributed by atoms with E-state index < -0.39 is 0 Å². The van der Waals surface area contributed by atoms with Crippen LogP contribution in [0.25, 0.3) is 0 Å². The molecule has 0 saturated heterocycles. The Bertz CT molecular complexity index is 884. The monoisotopic (exact) mass is 403 g/mol. The Morgan fingerprint density at radius 3 is 1.83 bits per heavy atom. The number of esters is 1. The fraction of sp³-hybridized carbons (Fsp3) is 0.269. The molecular formula is C26H29NO3. The van der Waals surface area contributed by atoms with E-state index in [1.165, 1.54) is 0 Å². The lowest BCUT2D eigenvalue weighted by atomic mass is 9.96. The van der Waals surface area contributed by atoms with Crippen LogP contribution < -0.4 is 0 Å². The van der Waals surface area contributed by atoms with Crippen LogP contribution in [-0.2, 0) is 16.1 Å². The van der Waals surface area contributed by atoms with Crippen LogP contribution in [-0.4, -0.2) is 29.2 Å². The van der Waals surface area contributed by atoms with Crippen molar-refractivity contribution in [2.75, 3.05) is 13.2 Å². The topological polar surface area (TPSA) is 49.8 Å². The van der Waals surface area contributed by atoms with Crippen LogP contribution in [0.4, 0.5) is 0 Å². The van der Waals surface area contributed by atoms with E-state index in [9.17, 15) is 9.90 Å². The number of rotatable bonds is 10. The van der Waals surface area contributed by atoms with E-state index in [0.717, 1.165) is 16.7 Å². The molecule has 0 aliphatic carbocycles. The molecule has 0 spiro atoms. The molecular weight excluding hydrogens is 374 g/mol. The molecule has 4 nitrogen and oxygen atoms in total. The molecule has 3 aromatic rings. The maximum Gasteiger partial charge on any atom is 0.307 e. The van der Waals surface area contributed by atoms with Gasteiger partial charge in [-0.15, -0.1) is 0 Å². The fourth-order valence-corrected chi connectivity index (χ4v) is 3.79. The van der Waals surface area contributed by atoms with E-state index in [1.54, 1.807) is 0 Å². The molecule has 2 atom stereocenters. The first kappa shape index (κ1) is 21.8. The summed E-state index contributed by atoms with van der Waals surface area (Å²) in [4.78, 5) is 14.7. The highest BCUT2D eigenvalue weighted by molar-refractivity contribution is 5.70. The lowest BCUT2D eigenvalue weighted by Gasteiger charge is -2.38. The molecule has 3 aromatic carbocycles. The van der Waals surface area contributed by atoms with Gasteiger partial charge in [-0.05, 0) is 23.6 Å². The zero-order chi connectivity index (χ0) is 21.2. The molecule has 156 valence electrons. The van der Waals surface area contributed by atoms with E-state index in [4.69, 9.17) is 4.74 Å². The summed E-state index contributed by atoms with van der Waals surface area (Å²) in [5.74, 6) is -0.242. The summed E-state index contributed by atoms with van der Waals surface area (Å²) in [6.07, 6.45) is 0.216. The first-order chi connectivity index (χ1) is 14.7. The second-order valence-corrected chi connectivity index (χ2v) is 7.20. The molecule has 0 amide bonds. The number of benzene rings is 3. The van der Waals surface area contributed by atoms with Crippen LogP contribution in [0.2, 0.25) is 0 Å². The van der Waals surface area contributed by atoms with Crippen molar-refractivity contribution in [2.45, 2.75) is 32.0 Å². The van der Waals surface area contributed by atoms with Gasteiger partial charge in [0.25, 0.3) is 0 Å². The number of nitrogens with zero attached hydrogens (tertiary/aromatic N) is 1. The first-order valence-corrected chi connectivity index (χ1v) is 10.4. The zero-order valence-corrected chi connectivity index (χ0v) is 17.4. The molecule has 30 heavy (non-hydrogen) atoms. The van der Waals surface area contributed by atoms with Gasteiger partial charge in [0.1, 0.15) is 0 Å². The van der Waals surface area contributed by atoms with Gasteiger partial charge >= 0.3 is 5.97 Å². The van der Waals surface area contributed by atoms with Crippen LogP contribution >= 0.6 is 0 Å². The van der Waals surface area contributed by atoms with Crippen LogP contribution in [0, 0.1) is 0 Å². The Hall–Kier alpha value is -2.95. The molecule has 0 aliphatic heterocycles. The number of hydrogen-bond donors (Lipinski definition) is 1. The molecule has 0 aliphatic rings. The quantitative estimate of drug-likeness (QED) is 0.488. The third kappa shape index (κ3) is 5.78. The summed E-state index contributed by atoms with van der Waals surface area (Å²) < 4.78 is 5.29. The van der Waals surface area contributed by atoms with Gasteiger partial charge in [-0.2, -0.15) is 0 Å². The number of aliphatic hydroxyl groups is 1. The Balaban J connectivity index is 2.04. The molecule has 0 radical (unpaired) electrons. The molecule has 0 saturated carbocycles. The van der Waals surface area contributed by atoms with Crippen molar-refractivity contribution in [3.8, 4) is 0 Å². The van der Waals surface area contributed by atoms with Gasteiger partial charge in [-0.3, -0.25) is 9.69 Å². The number of aliphatic hydroxyl groups excluding tert-OH is 1. The largest absolute Gasteiger partial charge is 0.466 e. The Labute approximate surface area is 178 Å². The number of carbonyl (C=O) groups is 1. The SMILES string of the molecule is CCOC(=O)C[C@@H](c1ccccc1)N(Cc1ccccc1)[C@@H](CO)c1ccccc1. The summed E-state index contributed by atoms with van der Waals surface area (Å²) in [6, 6.07) is 29.6. The van der Waals surface area contributed by atoms with Gasteiger partial charge in [0, 0.05) is 12.6 Å². The van der Waals surface area contributed by atoms with Crippen molar-refractivity contribution < 1.29 is 14.6 Å². The van der Waals surface area contributed by atoms with Gasteiger partial charge in [-0.25, -0.2) is 0 Å². The lowest BCUT2D eigenvalue weighted by Crippen LogP contribution is -2.36. The molecule has 3 rings (SSSR count). The molecule has 0 fully saturated rings. The average molecular weight is 404 g/mol. The molecule has 0 heterocycles. The van der Waals surface area contributed by atoms with Crippen LogP contribution in [0.3, 0.4) is 0 Å². The van der Waals surface area contributed by atoms with Gasteiger partial charge in [0.15, 0.2) is 0 Å². The molecule has 1 N–H and O–H groups in total. The molecule has 4 heteroatoms. The second-order valence-electron chi connectivity index (χ2n) is 7.20. The minimum Gasteiger partial charge on any atom is -0.466 e. The summed E-state index contributed by atoms with van der Waals surface area (Å²) >= 11 is 0. The average Bonchev–Trinajstić information content (AvgIpc) is 2.80. The normalized spacial score (nSPS) is 13.0. The lowest BCUT2D eigenvalue weighted by molar-refractivity contribution is -0.145. The van der Waals surface area contributed by atoms with E-state index >= 15 is 0 Å². The molecule has 0 unspecified atom stereocenters. The highest BCUT2D eigenvalue weighted by Crippen LogP contribution is 2.35. The Morgan fingerprint density at radius 1 is 0.833 bits per heavy atom. The number of carbonyl (C=O) groups excluding carboxylic acids is 1. The van der Waals surface area contributed by atoms with Crippen molar-refractivity contribution in [1.82, 2.24) is 4.90 Å². The minimum absolute atomic E-state index is 0.0526. The zero-order valence-electron chi connectivity index (χ0n) is 17.4. The summed E-state index contributed by atoms with van der Waals surface area (Å²) in [6.45, 7) is 2.71. The highest BCUT2D eigenvalue weighted by atomic mass is 16.5. The van der Waals surface area contributed by atoms with E-state index in [0.29, 0.717) is 13.2 Å². The summed E-state index contributed by atoms with van der Waals surface area (Å²) in [5.41, 5.74) is 3.16. The van der Waals surface area contributed by atoms with Crippen LogP contribution in [0.5, 0.6) is 0 Å². The first-order valence-electron chi connectivity index (χ1n) is 10.4. The fourth-order valence-electron chi connectivity index (χ4n) is 3.79. The van der Waals surface area contributed by atoms with Gasteiger partial charge in [0.2, 0.25) is 0 Å². The predicted octanol–water partition coefficient (Wildman–Crippen LogP) is 4.92. The highest BCUT2D eigenvalue weighted by Gasteiger charge is 2.30. The van der Waals surface area contributed by atoms with E-state index in [-0.39, 0.29) is 31.1 Å². The standard InChI is InChI=1S/C26H29NO3/c1-2-30-26(29)18-24(22-14-8-4-9-15-22)27(19-21-12-6-3-7-13-21)25(20-28)23-16-10-5-11-17-23/h3-17,24-25,28H,2,18-20H2,1H3/t24-,25-/m0/s1. The van der Waals surface area contributed by atoms with Gasteiger partial charge in [-0.1, -0.05) is 91.0 Å². The van der Waals surface area contributed by atoms with Crippen molar-refractivity contribution in [3.63, 3.8) is 0 Å². The van der Waals surface area contributed by atoms with E-state index in [1.807, 2.05) is 85.8 Å². The summed E-state index contributed by atoms with van der Waals surface area (Å²) in [7, 11) is 0. The minimum atomic E-state index is -0.258. The maximum absolute atomic E-state index is 12.5. The van der Waals surface area contributed by atoms with Crippen molar-refractivity contribution in [1.29, 1.82) is 0 Å².